The highest BCUT2D eigenvalue weighted by atomic mass is 32.2. The average Bonchev–Trinajstić information content (AvgIpc) is 2.34. The molecule has 0 saturated heterocycles. The Hall–Kier alpha value is -2.12. The molecule has 0 atom stereocenters. The van der Waals surface area contributed by atoms with Gasteiger partial charge in [0.25, 0.3) is 0 Å². The molecular formula is C13H13FN2O3S. The minimum atomic E-state index is -4.00. The summed E-state index contributed by atoms with van der Waals surface area (Å²) >= 11 is 0. The standard InChI is InChI=1S/C13H13FN2O3S/c1-8-2-3-9(14)6-12(8)19-11-5-4-10(15)7-13(11)20(16,17)18/h2-7H,15H2,1H3,(H2,16,17,18). The molecule has 0 amide bonds. The summed E-state index contributed by atoms with van der Waals surface area (Å²) in [5.74, 6) is -0.284. The van der Waals surface area contributed by atoms with Crippen LogP contribution in [0.1, 0.15) is 5.56 Å². The topological polar surface area (TPSA) is 95.4 Å². The van der Waals surface area contributed by atoms with E-state index in [0.717, 1.165) is 0 Å². The Kier molecular flexibility index (Phi) is 3.65. The third kappa shape index (κ3) is 3.06. The molecular weight excluding hydrogens is 283 g/mol. The Morgan fingerprint density at radius 3 is 2.45 bits per heavy atom. The molecule has 0 spiro atoms. The van der Waals surface area contributed by atoms with Gasteiger partial charge >= 0.3 is 0 Å². The van der Waals surface area contributed by atoms with Crippen molar-refractivity contribution < 1.29 is 17.5 Å². The molecule has 0 fully saturated rings. The molecule has 0 aliphatic heterocycles. The Balaban J connectivity index is 2.52. The first-order valence-electron chi connectivity index (χ1n) is 5.64. The van der Waals surface area contributed by atoms with Crippen molar-refractivity contribution in [1.29, 1.82) is 0 Å². The lowest BCUT2D eigenvalue weighted by molar-refractivity contribution is 0.459. The lowest BCUT2D eigenvalue weighted by Crippen LogP contribution is -2.13. The van der Waals surface area contributed by atoms with Crippen LogP contribution in [0.4, 0.5) is 10.1 Å². The summed E-state index contributed by atoms with van der Waals surface area (Å²) in [5.41, 5.74) is 6.43. The van der Waals surface area contributed by atoms with Gasteiger partial charge in [-0.2, -0.15) is 0 Å². The molecule has 0 saturated carbocycles. The molecule has 0 heterocycles. The number of ether oxygens (including phenoxy) is 1. The molecule has 0 radical (unpaired) electrons. The Labute approximate surface area is 116 Å². The number of hydrogen-bond acceptors (Lipinski definition) is 4. The third-order valence-corrected chi connectivity index (χ3v) is 3.58. The van der Waals surface area contributed by atoms with Gasteiger partial charge in [0.2, 0.25) is 10.0 Å². The molecule has 7 heteroatoms. The first kappa shape index (κ1) is 14.3. The van der Waals surface area contributed by atoms with Crippen molar-refractivity contribution in [2.75, 3.05) is 5.73 Å². The number of halogens is 1. The number of benzene rings is 2. The van der Waals surface area contributed by atoms with Crippen molar-refractivity contribution in [3.8, 4) is 11.5 Å². The van der Waals surface area contributed by atoms with Gasteiger partial charge in [-0.05, 0) is 36.8 Å². The molecule has 0 unspecified atom stereocenters. The van der Waals surface area contributed by atoms with E-state index in [9.17, 15) is 12.8 Å². The number of primary sulfonamides is 1. The summed E-state index contributed by atoms with van der Waals surface area (Å²) in [5, 5.41) is 5.11. The van der Waals surface area contributed by atoms with Gasteiger partial charge in [-0.25, -0.2) is 17.9 Å². The molecule has 5 nitrogen and oxygen atoms in total. The van der Waals surface area contributed by atoms with Crippen LogP contribution < -0.4 is 15.6 Å². The van der Waals surface area contributed by atoms with Crippen molar-refractivity contribution in [3.63, 3.8) is 0 Å². The molecule has 106 valence electrons. The number of nitrogen functional groups attached to an aromatic ring is 1. The van der Waals surface area contributed by atoms with Gasteiger partial charge in [-0.3, -0.25) is 0 Å². The second kappa shape index (κ2) is 5.10. The van der Waals surface area contributed by atoms with E-state index in [4.69, 9.17) is 15.6 Å². The van der Waals surface area contributed by atoms with Crippen LogP contribution in [0.2, 0.25) is 0 Å². The lowest BCUT2D eigenvalue weighted by atomic mass is 10.2. The van der Waals surface area contributed by atoms with Crippen LogP contribution in [-0.2, 0) is 10.0 Å². The maximum atomic E-state index is 13.2. The van der Waals surface area contributed by atoms with Crippen LogP contribution in [0.25, 0.3) is 0 Å². The lowest BCUT2D eigenvalue weighted by Gasteiger charge is -2.12. The second-order valence-corrected chi connectivity index (χ2v) is 5.79. The van der Waals surface area contributed by atoms with E-state index in [-0.39, 0.29) is 22.1 Å². The van der Waals surface area contributed by atoms with Crippen LogP contribution in [-0.4, -0.2) is 8.42 Å². The summed E-state index contributed by atoms with van der Waals surface area (Å²) in [4.78, 5) is -0.249. The zero-order valence-electron chi connectivity index (χ0n) is 10.6. The van der Waals surface area contributed by atoms with E-state index in [1.807, 2.05) is 0 Å². The number of aryl methyl sites for hydroxylation is 1. The minimum absolute atomic E-state index is 0.00426. The van der Waals surface area contributed by atoms with E-state index >= 15 is 0 Å². The largest absolute Gasteiger partial charge is 0.456 e. The SMILES string of the molecule is Cc1ccc(F)cc1Oc1ccc(N)cc1S(N)(=O)=O. The number of rotatable bonds is 3. The van der Waals surface area contributed by atoms with Crippen LogP contribution in [0.3, 0.4) is 0 Å². The fraction of sp³-hybridized carbons (Fsp3) is 0.0769. The fourth-order valence-electron chi connectivity index (χ4n) is 1.63. The van der Waals surface area contributed by atoms with Crippen molar-refractivity contribution in [1.82, 2.24) is 0 Å². The van der Waals surface area contributed by atoms with Crippen molar-refractivity contribution in [2.24, 2.45) is 5.14 Å². The highest BCUT2D eigenvalue weighted by molar-refractivity contribution is 7.89. The maximum Gasteiger partial charge on any atom is 0.241 e. The summed E-state index contributed by atoms with van der Waals surface area (Å²) in [6.07, 6.45) is 0. The Morgan fingerprint density at radius 1 is 1.10 bits per heavy atom. The summed E-state index contributed by atoms with van der Waals surface area (Å²) in [6.45, 7) is 1.71. The smallest absolute Gasteiger partial charge is 0.241 e. The summed E-state index contributed by atoms with van der Waals surface area (Å²) in [6, 6.07) is 8.01. The third-order valence-electron chi connectivity index (χ3n) is 2.64. The van der Waals surface area contributed by atoms with E-state index in [1.165, 1.54) is 36.4 Å². The minimum Gasteiger partial charge on any atom is -0.456 e. The maximum absolute atomic E-state index is 13.2. The predicted molar refractivity (Wildman–Crippen MR) is 73.4 cm³/mol. The van der Waals surface area contributed by atoms with Crippen molar-refractivity contribution in [2.45, 2.75) is 11.8 Å². The monoisotopic (exact) mass is 296 g/mol. The quantitative estimate of drug-likeness (QED) is 0.848. The van der Waals surface area contributed by atoms with Crippen LogP contribution in [0.5, 0.6) is 11.5 Å². The van der Waals surface area contributed by atoms with Gasteiger partial charge in [0.1, 0.15) is 22.2 Å². The molecule has 0 aliphatic rings. The molecule has 4 N–H and O–H groups in total. The van der Waals surface area contributed by atoms with E-state index in [1.54, 1.807) is 6.92 Å². The van der Waals surface area contributed by atoms with E-state index in [2.05, 4.69) is 0 Å². The molecule has 2 aromatic rings. The first-order valence-corrected chi connectivity index (χ1v) is 7.18. The average molecular weight is 296 g/mol. The van der Waals surface area contributed by atoms with E-state index in [0.29, 0.717) is 5.56 Å². The van der Waals surface area contributed by atoms with Gasteiger partial charge in [0.15, 0.2) is 0 Å². The van der Waals surface area contributed by atoms with Gasteiger partial charge in [-0.15, -0.1) is 0 Å². The molecule has 20 heavy (non-hydrogen) atoms. The van der Waals surface area contributed by atoms with Crippen LogP contribution >= 0.6 is 0 Å². The molecule has 0 bridgehead atoms. The van der Waals surface area contributed by atoms with E-state index < -0.39 is 15.8 Å². The zero-order chi connectivity index (χ0) is 14.9. The van der Waals surface area contributed by atoms with Crippen molar-refractivity contribution >= 4 is 15.7 Å². The zero-order valence-corrected chi connectivity index (χ0v) is 11.4. The summed E-state index contributed by atoms with van der Waals surface area (Å²) in [7, 11) is -4.00. The van der Waals surface area contributed by atoms with Gasteiger partial charge in [-0.1, -0.05) is 6.07 Å². The normalized spacial score (nSPS) is 11.3. The van der Waals surface area contributed by atoms with Crippen molar-refractivity contribution in [3.05, 3.63) is 47.8 Å². The number of nitrogens with two attached hydrogens (primary N) is 2. The summed E-state index contributed by atoms with van der Waals surface area (Å²) < 4.78 is 41.7. The molecule has 2 aromatic carbocycles. The Morgan fingerprint density at radius 2 is 1.80 bits per heavy atom. The molecule has 0 aliphatic carbocycles. The highest BCUT2D eigenvalue weighted by Crippen LogP contribution is 2.31. The van der Waals surface area contributed by atoms with Gasteiger partial charge in [0, 0.05) is 11.8 Å². The number of anilines is 1. The molecule has 2 rings (SSSR count). The van der Waals surface area contributed by atoms with Gasteiger partial charge in [0.05, 0.1) is 0 Å². The van der Waals surface area contributed by atoms with Crippen LogP contribution in [0.15, 0.2) is 41.3 Å². The predicted octanol–water partition coefficient (Wildman–Crippen LogP) is 2.16. The number of hydrogen-bond donors (Lipinski definition) is 2. The van der Waals surface area contributed by atoms with Crippen LogP contribution in [0, 0.1) is 12.7 Å². The fourth-order valence-corrected chi connectivity index (χ4v) is 2.32. The number of sulfonamides is 1. The second-order valence-electron chi connectivity index (χ2n) is 4.26. The Bertz CT molecular complexity index is 760. The highest BCUT2D eigenvalue weighted by Gasteiger charge is 2.17. The van der Waals surface area contributed by atoms with Gasteiger partial charge < -0.3 is 10.5 Å². The molecule has 0 aromatic heterocycles. The first-order chi connectivity index (χ1) is 9.27.